The fourth-order valence-electron chi connectivity index (χ4n) is 3.49. The number of aromatic nitrogens is 2. The van der Waals surface area contributed by atoms with Crippen molar-refractivity contribution in [3.05, 3.63) is 62.3 Å². The Morgan fingerprint density at radius 2 is 2.00 bits per heavy atom. The van der Waals surface area contributed by atoms with E-state index in [4.69, 9.17) is 10.2 Å². The Labute approximate surface area is 151 Å². The third-order valence-corrected chi connectivity index (χ3v) is 5.15. The largest absolute Gasteiger partial charge is 0.440 e. The molecule has 26 heavy (non-hydrogen) atoms. The first-order valence-electron chi connectivity index (χ1n) is 8.78. The zero-order valence-corrected chi connectivity index (χ0v) is 15.3. The molecule has 0 bridgehead atoms. The molecular weight excluding hydrogens is 328 g/mol. The number of anilines is 1. The fourth-order valence-corrected chi connectivity index (χ4v) is 3.49. The summed E-state index contributed by atoms with van der Waals surface area (Å²) in [5.41, 5.74) is 11.5. The minimum absolute atomic E-state index is 0.0437. The van der Waals surface area contributed by atoms with Crippen LogP contribution in [0.2, 0.25) is 0 Å². The maximum atomic E-state index is 13.0. The Kier molecular flexibility index (Phi) is 4.00. The fraction of sp³-hybridized carbons (Fsp3) is 0.350. The molecule has 0 unspecified atom stereocenters. The van der Waals surface area contributed by atoms with Crippen LogP contribution in [-0.4, -0.2) is 21.4 Å². The van der Waals surface area contributed by atoms with Crippen molar-refractivity contribution < 1.29 is 4.42 Å². The molecule has 0 aliphatic carbocycles. The predicted octanol–water partition coefficient (Wildman–Crippen LogP) is 2.65. The van der Waals surface area contributed by atoms with E-state index in [2.05, 4.69) is 14.9 Å². The maximum absolute atomic E-state index is 13.0. The second-order valence-corrected chi connectivity index (χ2v) is 7.06. The molecule has 0 saturated carbocycles. The molecule has 3 heterocycles. The van der Waals surface area contributed by atoms with E-state index in [1.807, 2.05) is 39.1 Å². The van der Waals surface area contributed by atoms with Crippen LogP contribution in [0.15, 0.2) is 27.5 Å². The zero-order valence-electron chi connectivity index (χ0n) is 15.3. The second-order valence-electron chi connectivity index (χ2n) is 7.06. The highest BCUT2D eigenvalue weighted by Gasteiger charge is 2.21. The lowest BCUT2D eigenvalue weighted by atomic mass is 10.0. The van der Waals surface area contributed by atoms with Gasteiger partial charge >= 0.3 is 0 Å². The quantitative estimate of drug-likeness (QED) is 0.765. The Morgan fingerprint density at radius 3 is 2.81 bits per heavy atom. The number of fused-ring (bicyclic) bond motifs is 2. The molecule has 1 aliphatic heterocycles. The summed E-state index contributed by atoms with van der Waals surface area (Å²) in [5, 5.41) is 0.591. The van der Waals surface area contributed by atoms with E-state index < -0.39 is 0 Å². The molecule has 1 aromatic carbocycles. The van der Waals surface area contributed by atoms with Crippen molar-refractivity contribution in [2.24, 2.45) is 0 Å². The van der Waals surface area contributed by atoms with E-state index in [-0.39, 0.29) is 11.3 Å². The lowest BCUT2D eigenvalue weighted by molar-refractivity contribution is 0.241. The Bertz CT molecular complexity index is 1070. The van der Waals surface area contributed by atoms with Gasteiger partial charge in [-0.1, -0.05) is 0 Å². The van der Waals surface area contributed by atoms with Crippen LogP contribution in [0.5, 0.6) is 0 Å². The number of nitrogens with two attached hydrogens (primary N) is 1. The molecule has 1 aliphatic rings. The van der Waals surface area contributed by atoms with Gasteiger partial charge in [0.2, 0.25) is 0 Å². The maximum Gasteiger partial charge on any atom is 0.199 e. The summed E-state index contributed by atoms with van der Waals surface area (Å²) in [4.78, 5) is 24.0. The number of hydrogen-bond donors (Lipinski definition) is 1. The average molecular weight is 350 g/mol. The Balaban J connectivity index is 1.68. The van der Waals surface area contributed by atoms with Gasteiger partial charge in [0.25, 0.3) is 0 Å². The van der Waals surface area contributed by atoms with E-state index in [0.29, 0.717) is 29.6 Å². The summed E-state index contributed by atoms with van der Waals surface area (Å²) < 4.78 is 5.76. The molecule has 2 aromatic heterocycles. The highest BCUT2D eigenvalue weighted by molar-refractivity contribution is 5.80. The van der Waals surface area contributed by atoms with Crippen molar-refractivity contribution in [3.8, 4) is 0 Å². The van der Waals surface area contributed by atoms with Crippen molar-refractivity contribution >= 4 is 16.9 Å². The lowest BCUT2D eigenvalue weighted by Crippen LogP contribution is -2.33. The standard InChI is InChI=1S/C20H22N4O2/c1-11-6-15-18(7-12(11)2)26-20(21)16(19(15)25)10-24-5-4-17-14(9-24)8-22-13(3)23-17/h6-8H,4-5,9-10,21H2,1-3H3. The molecule has 4 rings (SSSR count). The highest BCUT2D eigenvalue weighted by atomic mass is 16.3. The smallest absolute Gasteiger partial charge is 0.199 e. The SMILES string of the molecule is Cc1ncc2c(n1)CCN(Cc1c(N)oc3cc(C)c(C)cc3c1=O)C2. The van der Waals surface area contributed by atoms with E-state index in [0.717, 1.165) is 41.2 Å². The number of rotatable bonds is 2. The van der Waals surface area contributed by atoms with Crippen molar-refractivity contribution in [2.75, 3.05) is 12.3 Å². The molecule has 6 nitrogen and oxygen atoms in total. The monoisotopic (exact) mass is 350 g/mol. The van der Waals surface area contributed by atoms with Crippen LogP contribution in [0.25, 0.3) is 11.0 Å². The lowest BCUT2D eigenvalue weighted by Gasteiger charge is -2.27. The van der Waals surface area contributed by atoms with Crippen LogP contribution in [0, 0.1) is 20.8 Å². The number of aryl methyl sites for hydroxylation is 3. The molecule has 0 atom stereocenters. The molecule has 0 saturated heterocycles. The number of hydrogen-bond acceptors (Lipinski definition) is 6. The second kappa shape index (κ2) is 6.21. The topological polar surface area (TPSA) is 85.2 Å². The van der Waals surface area contributed by atoms with E-state index in [9.17, 15) is 4.79 Å². The van der Waals surface area contributed by atoms with Crippen LogP contribution < -0.4 is 11.2 Å². The van der Waals surface area contributed by atoms with Gasteiger partial charge in [-0.3, -0.25) is 9.69 Å². The molecule has 0 fully saturated rings. The van der Waals surface area contributed by atoms with Crippen LogP contribution in [0.3, 0.4) is 0 Å². The van der Waals surface area contributed by atoms with Crippen LogP contribution in [-0.2, 0) is 19.5 Å². The van der Waals surface area contributed by atoms with E-state index in [1.165, 1.54) is 0 Å². The predicted molar refractivity (Wildman–Crippen MR) is 101 cm³/mol. The summed E-state index contributed by atoms with van der Waals surface area (Å²) in [6, 6.07) is 3.77. The number of nitrogens with zero attached hydrogens (tertiary/aromatic N) is 3. The summed E-state index contributed by atoms with van der Waals surface area (Å²) >= 11 is 0. The first kappa shape index (κ1) is 16.7. The summed E-state index contributed by atoms with van der Waals surface area (Å²) in [7, 11) is 0. The minimum atomic E-state index is -0.0437. The van der Waals surface area contributed by atoms with Gasteiger partial charge in [-0.15, -0.1) is 0 Å². The van der Waals surface area contributed by atoms with Gasteiger partial charge in [0.15, 0.2) is 11.3 Å². The van der Waals surface area contributed by atoms with Gasteiger partial charge in [0, 0.05) is 43.5 Å². The van der Waals surface area contributed by atoms with E-state index in [1.54, 1.807) is 0 Å². The Morgan fingerprint density at radius 1 is 1.23 bits per heavy atom. The molecule has 0 radical (unpaired) electrons. The Hall–Kier alpha value is -2.73. The van der Waals surface area contributed by atoms with Crippen molar-refractivity contribution in [2.45, 2.75) is 40.3 Å². The third kappa shape index (κ3) is 2.86. The van der Waals surface area contributed by atoms with E-state index >= 15 is 0 Å². The first-order valence-corrected chi connectivity index (χ1v) is 8.78. The van der Waals surface area contributed by atoms with Crippen LogP contribution in [0.1, 0.15) is 33.8 Å². The van der Waals surface area contributed by atoms with Gasteiger partial charge in [-0.2, -0.15) is 0 Å². The van der Waals surface area contributed by atoms with Crippen molar-refractivity contribution in [3.63, 3.8) is 0 Å². The summed E-state index contributed by atoms with van der Waals surface area (Å²) in [5.74, 6) is 0.999. The van der Waals surface area contributed by atoms with Crippen LogP contribution >= 0.6 is 0 Å². The molecule has 0 spiro atoms. The number of nitrogen functional groups attached to an aromatic ring is 1. The van der Waals surface area contributed by atoms with Crippen molar-refractivity contribution in [1.82, 2.24) is 14.9 Å². The zero-order chi connectivity index (χ0) is 18.4. The molecule has 6 heteroatoms. The van der Waals surface area contributed by atoms with Crippen molar-refractivity contribution in [1.29, 1.82) is 0 Å². The summed E-state index contributed by atoms with van der Waals surface area (Å²) in [6.45, 7) is 7.88. The van der Waals surface area contributed by atoms with Gasteiger partial charge in [-0.05, 0) is 44.0 Å². The molecule has 0 amide bonds. The van der Waals surface area contributed by atoms with Crippen LogP contribution in [0.4, 0.5) is 5.88 Å². The number of benzene rings is 1. The first-order chi connectivity index (χ1) is 12.4. The normalized spacial score (nSPS) is 14.6. The third-order valence-electron chi connectivity index (χ3n) is 5.15. The molecule has 134 valence electrons. The van der Waals surface area contributed by atoms with Gasteiger partial charge in [0.1, 0.15) is 11.4 Å². The highest BCUT2D eigenvalue weighted by Crippen LogP contribution is 2.24. The molecule has 2 N–H and O–H groups in total. The van der Waals surface area contributed by atoms with Gasteiger partial charge < -0.3 is 10.2 Å². The van der Waals surface area contributed by atoms with Gasteiger partial charge in [-0.25, -0.2) is 9.97 Å². The average Bonchev–Trinajstić information content (AvgIpc) is 2.61. The molecule has 3 aromatic rings. The summed E-state index contributed by atoms with van der Waals surface area (Å²) in [6.07, 6.45) is 2.72. The van der Waals surface area contributed by atoms with Gasteiger partial charge in [0.05, 0.1) is 10.9 Å². The molecular formula is C20H22N4O2. The minimum Gasteiger partial charge on any atom is -0.440 e.